The SMILES string of the molecule is CC(=O)CNCCC(=O)CN(C)C. The molecule has 0 heterocycles. The van der Waals surface area contributed by atoms with Crippen molar-refractivity contribution in [2.45, 2.75) is 13.3 Å². The molecule has 0 saturated heterocycles. The quantitative estimate of drug-likeness (QED) is 0.554. The highest BCUT2D eigenvalue weighted by atomic mass is 16.1. The lowest BCUT2D eigenvalue weighted by Crippen LogP contribution is -2.27. The van der Waals surface area contributed by atoms with E-state index in [1.165, 1.54) is 6.92 Å². The molecule has 0 aromatic carbocycles. The van der Waals surface area contributed by atoms with Gasteiger partial charge in [-0.15, -0.1) is 0 Å². The third-order valence-corrected chi connectivity index (χ3v) is 1.45. The maximum Gasteiger partial charge on any atom is 0.148 e. The first kappa shape index (κ1) is 12.3. The summed E-state index contributed by atoms with van der Waals surface area (Å²) in [6, 6.07) is 0. The number of nitrogens with one attached hydrogen (secondary N) is 1. The molecule has 4 heteroatoms. The third-order valence-electron chi connectivity index (χ3n) is 1.45. The molecule has 0 aliphatic carbocycles. The van der Waals surface area contributed by atoms with Crippen molar-refractivity contribution in [3.63, 3.8) is 0 Å². The Labute approximate surface area is 79.3 Å². The average molecular weight is 186 g/mol. The summed E-state index contributed by atoms with van der Waals surface area (Å²) < 4.78 is 0. The molecule has 0 radical (unpaired) electrons. The summed E-state index contributed by atoms with van der Waals surface area (Å²) in [6.07, 6.45) is 0.492. The van der Waals surface area contributed by atoms with Crippen LogP contribution >= 0.6 is 0 Å². The first-order valence-electron chi connectivity index (χ1n) is 4.39. The van der Waals surface area contributed by atoms with Crippen molar-refractivity contribution < 1.29 is 9.59 Å². The molecule has 0 unspecified atom stereocenters. The summed E-state index contributed by atoms with van der Waals surface area (Å²) in [5.74, 6) is 0.293. The highest BCUT2D eigenvalue weighted by Crippen LogP contribution is 1.84. The van der Waals surface area contributed by atoms with Gasteiger partial charge in [-0.25, -0.2) is 0 Å². The number of nitrogens with zero attached hydrogens (tertiary/aromatic N) is 1. The molecule has 0 aromatic rings. The van der Waals surface area contributed by atoms with E-state index in [0.29, 0.717) is 26.1 Å². The zero-order chi connectivity index (χ0) is 10.3. The van der Waals surface area contributed by atoms with Crippen LogP contribution in [0.4, 0.5) is 0 Å². The van der Waals surface area contributed by atoms with E-state index in [0.717, 1.165) is 0 Å². The van der Waals surface area contributed by atoms with Gasteiger partial charge < -0.3 is 10.2 Å². The molecule has 1 N–H and O–H groups in total. The average Bonchev–Trinajstić information content (AvgIpc) is 1.96. The van der Waals surface area contributed by atoms with Gasteiger partial charge in [0.15, 0.2) is 0 Å². The highest BCUT2D eigenvalue weighted by Gasteiger charge is 2.02. The third kappa shape index (κ3) is 9.17. The highest BCUT2D eigenvalue weighted by molar-refractivity contribution is 5.80. The maximum atomic E-state index is 11.1. The molecule has 0 saturated carbocycles. The van der Waals surface area contributed by atoms with Gasteiger partial charge in [-0.05, 0) is 21.0 Å². The van der Waals surface area contributed by atoms with Crippen molar-refractivity contribution >= 4 is 11.6 Å². The summed E-state index contributed by atoms with van der Waals surface area (Å²) >= 11 is 0. The van der Waals surface area contributed by atoms with Crippen LogP contribution in [-0.2, 0) is 9.59 Å². The largest absolute Gasteiger partial charge is 0.310 e. The molecule has 0 aliphatic heterocycles. The Hall–Kier alpha value is -0.740. The zero-order valence-electron chi connectivity index (χ0n) is 8.59. The second-order valence-electron chi connectivity index (χ2n) is 3.41. The lowest BCUT2D eigenvalue weighted by atomic mass is 10.2. The van der Waals surface area contributed by atoms with E-state index in [9.17, 15) is 9.59 Å². The monoisotopic (exact) mass is 186 g/mol. The van der Waals surface area contributed by atoms with Crippen LogP contribution in [0.2, 0.25) is 0 Å². The Morgan fingerprint density at radius 2 is 1.92 bits per heavy atom. The molecule has 0 fully saturated rings. The second-order valence-corrected chi connectivity index (χ2v) is 3.41. The van der Waals surface area contributed by atoms with Gasteiger partial charge in [-0.1, -0.05) is 0 Å². The van der Waals surface area contributed by atoms with E-state index < -0.39 is 0 Å². The molecule has 13 heavy (non-hydrogen) atoms. The number of carbonyl (C=O) groups is 2. The van der Waals surface area contributed by atoms with Crippen molar-refractivity contribution in [1.82, 2.24) is 10.2 Å². The van der Waals surface area contributed by atoms with Crippen LogP contribution in [-0.4, -0.2) is 50.2 Å². The van der Waals surface area contributed by atoms with E-state index in [1.807, 2.05) is 19.0 Å². The molecule has 76 valence electrons. The summed E-state index contributed by atoms with van der Waals surface area (Å²) in [7, 11) is 3.72. The lowest BCUT2D eigenvalue weighted by molar-refractivity contribution is -0.120. The van der Waals surface area contributed by atoms with Crippen LogP contribution in [0, 0.1) is 0 Å². The summed E-state index contributed by atoms with van der Waals surface area (Å²) in [6.45, 7) is 2.94. The number of carbonyl (C=O) groups excluding carboxylic acids is 2. The van der Waals surface area contributed by atoms with Gasteiger partial charge in [0.1, 0.15) is 11.6 Å². The normalized spacial score (nSPS) is 10.5. The maximum absolute atomic E-state index is 11.1. The predicted molar refractivity (Wildman–Crippen MR) is 51.7 cm³/mol. The van der Waals surface area contributed by atoms with Crippen LogP contribution in [0.25, 0.3) is 0 Å². The smallest absolute Gasteiger partial charge is 0.148 e. The minimum atomic E-state index is 0.0973. The fraction of sp³-hybridized carbons (Fsp3) is 0.778. The molecule has 0 spiro atoms. The van der Waals surface area contributed by atoms with Crippen LogP contribution in [0.3, 0.4) is 0 Å². The van der Waals surface area contributed by atoms with Gasteiger partial charge in [0.2, 0.25) is 0 Å². The Bertz CT molecular complexity index is 178. The van der Waals surface area contributed by atoms with Crippen molar-refractivity contribution in [3.8, 4) is 0 Å². The second kappa shape index (κ2) is 6.74. The predicted octanol–water partition coefficient (Wildman–Crippen LogP) is -0.314. The molecule has 0 amide bonds. The van der Waals surface area contributed by atoms with Gasteiger partial charge in [0, 0.05) is 13.0 Å². The van der Waals surface area contributed by atoms with Crippen molar-refractivity contribution in [3.05, 3.63) is 0 Å². The molecule has 0 bridgehead atoms. The first-order valence-corrected chi connectivity index (χ1v) is 4.39. The van der Waals surface area contributed by atoms with Gasteiger partial charge >= 0.3 is 0 Å². The van der Waals surface area contributed by atoms with Crippen molar-refractivity contribution in [1.29, 1.82) is 0 Å². The fourth-order valence-electron chi connectivity index (χ4n) is 0.924. The molecule has 0 rings (SSSR count). The standard InChI is InChI=1S/C9H18N2O2/c1-8(12)6-10-5-4-9(13)7-11(2)3/h10H,4-7H2,1-3H3. The zero-order valence-corrected chi connectivity index (χ0v) is 8.59. The van der Waals surface area contributed by atoms with Gasteiger partial charge in [-0.2, -0.15) is 0 Å². The Morgan fingerprint density at radius 3 is 2.38 bits per heavy atom. The van der Waals surface area contributed by atoms with E-state index in [2.05, 4.69) is 5.32 Å². The topological polar surface area (TPSA) is 49.4 Å². The van der Waals surface area contributed by atoms with Gasteiger partial charge in [0.05, 0.1) is 13.1 Å². The number of hydrogen-bond acceptors (Lipinski definition) is 4. The molecular formula is C9H18N2O2. The van der Waals surface area contributed by atoms with Crippen LogP contribution < -0.4 is 5.32 Å². The summed E-state index contributed by atoms with van der Waals surface area (Å²) in [5.41, 5.74) is 0. The van der Waals surface area contributed by atoms with Gasteiger partial charge in [0.25, 0.3) is 0 Å². The van der Waals surface area contributed by atoms with Gasteiger partial charge in [-0.3, -0.25) is 9.59 Å². The minimum Gasteiger partial charge on any atom is -0.310 e. The summed E-state index contributed by atoms with van der Waals surface area (Å²) in [4.78, 5) is 23.5. The van der Waals surface area contributed by atoms with Crippen LogP contribution in [0.15, 0.2) is 0 Å². The number of Topliss-reactive ketones (excluding diaryl/α,β-unsaturated/α-hetero) is 2. The van der Waals surface area contributed by atoms with Crippen LogP contribution in [0.1, 0.15) is 13.3 Å². The van der Waals surface area contributed by atoms with E-state index >= 15 is 0 Å². The number of likely N-dealkylation sites (N-methyl/N-ethyl adjacent to an activating group) is 1. The summed E-state index contributed by atoms with van der Waals surface area (Å²) in [5, 5.41) is 2.90. The van der Waals surface area contributed by atoms with E-state index in [4.69, 9.17) is 0 Å². The fourth-order valence-corrected chi connectivity index (χ4v) is 0.924. The number of ketones is 2. The molecule has 0 atom stereocenters. The van der Waals surface area contributed by atoms with Crippen molar-refractivity contribution in [2.75, 3.05) is 33.7 Å². The Kier molecular flexibility index (Phi) is 6.36. The van der Waals surface area contributed by atoms with Crippen molar-refractivity contribution in [2.24, 2.45) is 0 Å². The molecule has 0 aliphatic rings. The van der Waals surface area contributed by atoms with E-state index in [-0.39, 0.29) is 11.6 Å². The first-order chi connectivity index (χ1) is 6.02. The molecule has 4 nitrogen and oxygen atoms in total. The molecular weight excluding hydrogens is 168 g/mol. The Balaban J connectivity index is 3.32. The van der Waals surface area contributed by atoms with Crippen LogP contribution in [0.5, 0.6) is 0 Å². The minimum absolute atomic E-state index is 0.0973. The lowest BCUT2D eigenvalue weighted by Gasteiger charge is -2.07. The molecule has 0 aromatic heterocycles. The number of rotatable bonds is 7. The number of hydrogen-bond donors (Lipinski definition) is 1. The Morgan fingerprint density at radius 1 is 1.31 bits per heavy atom. The van der Waals surface area contributed by atoms with E-state index in [1.54, 1.807) is 0 Å².